The van der Waals surface area contributed by atoms with Gasteiger partial charge in [-0.1, -0.05) is 60.7 Å². The van der Waals surface area contributed by atoms with Gasteiger partial charge in [0.1, 0.15) is 37.9 Å². The monoisotopic (exact) mass is 360 g/mol. The Hall–Kier alpha value is -1.80. The summed E-state index contributed by atoms with van der Waals surface area (Å²) >= 11 is 0. The standard InChI is InChI=1S/C20H25NO5/c22-17-13-26-20(25,19(24)18(17)23)14-21(11-15-7-3-1-4-8-15)12-16-9-5-2-6-10-16/h1-10,17-19,22-25H,11-14H2/p+1/t17-,18-,19+,20+/m1/s1. The molecule has 0 unspecified atom stereocenters. The summed E-state index contributed by atoms with van der Waals surface area (Å²) in [6, 6.07) is 19.7. The van der Waals surface area contributed by atoms with Crippen LogP contribution in [0.4, 0.5) is 0 Å². The highest BCUT2D eigenvalue weighted by atomic mass is 16.6. The van der Waals surface area contributed by atoms with Crippen LogP contribution in [0.15, 0.2) is 60.7 Å². The van der Waals surface area contributed by atoms with Gasteiger partial charge in [0.05, 0.1) is 6.61 Å². The summed E-state index contributed by atoms with van der Waals surface area (Å²) in [7, 11) is 0. The molecular weight excluding hydrogens is 334 g/mol. The van der Waals surface area contributed by atoms with Crippen LogP contribution in [0.3, 0.4) is 0 Å². The topological polar surface area (TPSA) is 94.6 Å². The van der Waals surface area contributed by atoms with Crippen LogP contribution in [0.5, 0.6) is 0 Å². The number of quaternary nitrogens is 1. The first-order valence-electron chi connectivity index (χ1n) is 8.80. The summed E-state index contributed by atoms with van der Waals surface area (Å²) in [5.41, 5.74) is 2.18. The largest absolute Gasteiger partial charge is 0.388 e. The second kappa shape index (κ2) is 8.26. The van der Waals surface area contributed by atoms with Gasteiger partial charge >= 0.3 is 0 Å². The zero-order chi connectivity index (χ0) is 18.6. The highest BCUT2D eigenvalue weighted by molar-refractivity contribution is 5.15. The van der Waals surface area contributed by atoms with E-state index in [1.165, 1.54) is 0 Å². The molecule has 0 spiro atoms. The van der Waals surface area contributed by atoms with E-state index in [0.717, 1.165) is 16.0 Å². The van der Waals surface area contributed by atoms with E-state index in [4.69, 9.17) is 4.74 Å². The van der Waals surface area contributed by atoms with Crippen molar-refractivity contribution in [1.29, 1.82) is 0 Å². The molecule has 2 aromatic rings. The van der Waals surface area contributed by atoms with Crippen molar-refractivity contribution < 1.29 is 30.1 Å². The number of hydrogen-bond acceptors (Lipinski definition) is 5. The van der Waals surface area contributed by atoms with Crippen molar-refractivity contribution in [2.45, 2.75) is 37.2 Å². The molecule has 0 saturated carbocycles. The molecule has 5 N–H and O–H groups in total. The smallest absolute Gasteiger partial charge is 0.245 e. The van der Waals surface area contributed by atoms with Gasteiger partial charge in [-0.15, -0.1) is 0 Å². The summed E-state index contributed by atoms with van der Waals surface area (Å²) in [5, 5.41) is 40.6. The van der Waals surface area contributed by atoms with Crippen molar-refractivity contribution >= 4 is 0 Å². The van der Waals surface area contributed by atoms with Gasteiger partial charge < -0.3 is 30.1 Å². The van der Waals surface area contributed by atoms with Gasteiger partial charge in [-0.2, -0.15) is 0 Å². The van der Waals surface area contributed by atoms with Gasteiger partial charge in [-0.3, -0.25) is 0 Å². The fourth-order valence-corrected chi connectivity index (χ4v) is 3.36. The van der Waals surface area contributed by atoms with E-state index in [9.17, 15) is 20.4 Å². The first kappa shape index (κ1) is 19.0. The number of hydrogen-bond donors (Lipinski definition) is 5. The summed E-state index contributed by atoms with van der Waals surface area (Å²) in [4.78, 5) is 0.965. The number of rotatable bonds is 6. The van der Waals surface area contributed by atoms with E-state index in [-0.39, 0.29) is 13.2 Å². The van der Waals surface area contributed by atoms with Gasteiger partial charge in [-0.25, -0.2) is 0 Å². The summed E-state index contributed by atoms with van der Waals surface area (Å²) < 4.78 is 5.34. The van der Waals surface area contributed by atoms with Gasteiger partial charge in [0, 0.05) is 11.1 Å². The minimum atomic E-state index is -1.92. The second-order valence-corrected chi connectivity index (χ2v) is 6.91. The summed E-state index contributed by atoms with van der Waals surface area (Å²) in [6.07, 6.45) is -4.23. The van der Waals surface area contributed by atoms with E-state index in [2.05, 4.69) is 0 Å². The average Bonchev–Trinajstić information content (AvgIpc) is 2.65. The van der Waals surface area contributed by atoms with E-state index in [0.29, 0.717) is 13.1 Å². The van der Waals surface area contributed by atoms with Crippen LogP contribution >= 0.6 is 0 Å². The lowest BCUT2D eigenvalue weighted by Crippen LogP contribution is -3.12. The first-order valence-corrected chi connectivity index (χ1v) is 8.80. The molecule has 3 rings (SSSR count). The molecule has 26 heavy (non-hydrogen) atoms. The van der Waals surface area contributed by atoms with Crippen LogP contribution in [-0.2, 0) is 17.8 Å². The highest BCUT2D eigenvalue weighted by Gasteiger charge is 2.51. The predicted octanol–water partition coefficient (Wildman–Crippen LogP) is -0.927. The van der Waals surface area contributed by atoms with Crippen LogP contribution in [0.2, 0.25) is 0 Å². The number of aliphatic hydroxyl groups excluding tert-OH is 3. The Bertz CT molecular complexity index is 642. The molecule has 1 aliphatic rings. The van der Waals surface area contributed by atoms with Crippen molar-refractivity contribution in [2.75, 3.05) is 13.2 Å². The number of aliphatic hydroxyl groups is 4. The van der Waals surface area contributed by atoms with Crippen LogP contribution in [0, 0.1) is 0 Å². The van der Waals surface area contributed by atoms with Crippen LogP contribution in [0.25, 0.3) is 0 Å². The van der Waals surface area contributed by atoms with Gasteiger partial charge in [-0.05, 0) is 0 Å². The Morgan fingerprint density at radius 3 is 1.88 bits per heavy atom. The Morgan fingerprint density at radius 2 is 1.38 bits per heavy atom. The lowest BCUT2D eigenvalue weighted by Gasteiger charge is -2.42. The number of ether oxygens (including phenoxy) is 1. The number of nitrogens with one attached hydrogen (secondary N) is 1. The van der Waals surface area contributed by atoms with Crippen molar-refractivity contribution in [3.63, 3.8) is 0 Å². The Morgan fingerprint density at radius 1 is 0.885 bits per heavy atom. The Kier molecular flexibility index (Phi) is 6.03. The molecule has 0 aromatic heterocycles. The molecular formula is C20H26NO5+. The molecule has 1 heterocycles. The lowest BCUT2D eigenvalue weighted by atomic mass is 9.96. The van der Waals surface area contributed by atoms with E-state index in [1.54, 1.807) is 0 Å². The fraction of sp³-hybridized carbons (Fsp3) is 0.400. The summed E-state index contributed by atoms with van der Waals surface area (Å²) in [6.45, 7) is 1.08. The third-order valence-electron chi connectivity index (χ3n) is 4.78. The SMILES string of the molecule is O[C@@H]1[C@H](O)CO[C@@](O)(C[NH+](Cc2ccccc2)Cc2ccccc2)[C@H]1O. The molecule has 0 radical (unpaired) electrons. The zero-order valence-electron chi connectivity index (χ0n) is 14.5. The second-order valence-electron chi connectivity index (χ2n) is 6.91. The molecule has 2 aromatic carbocycles. The van der Waals surface area contributed by atoms with Gasteiger partial charge in [0.2, 0.25) is 5.79 Å². The Labute approximate surface area is 152 Å². The molecule has 1 fully saturated rings. The van der Waals surface area contributed by atoms with Crippen molar-refractivity contribution in [3.8, 4) is 0 Å². The molecule has 6 heteroatoms. The lowest BCUT2D eigenvalue weighted by molar-refractivity contribution is -0.938. The minimum absolute atomic E-state index is 0.0712. The molecule has 1 saturated heterocycles. The molecule has 1 aliphatic heterocycles. The van der Waals surface area contributed by atoms with Crippen molar-refractivity contribution in [2.24, 2.45) is 0 Å². The van der Waals surface area contributed by atoms with Crippen LogP contribution in [0.1, 0.15) is 11.1 Å². The third kappa shape index (κ3) is 4.48. The maximum Gasteiger partial charge on any atom is 0.245 e. The first-order chi connectivity index (χ1) is 12.5. The van der Waals surface area contributed by atoms with Crippen molar-refractivity contribution in [3.05, 3.63) is 71.8 Å². The molecule has 0 aliphatic carbocycles. The molecule has 0 bridgehead atoms. The number of benzene rings is 2. The molecule has 4 atom stereocenters. The maximum absolute atomic E-state index is 10.8. The predicted molar refractivity (Wildman–Crippen MR) is 95.0 cm³/mol. The fourth-order valence-electron chi connectivity index (χ4n) is 3.36. The molecule has 0 amide bonds. The summed E-state index contributed by atoms with van der Waals surface area (Å²) in [5.74, 6) is -1.92. The normalized spacial score (nSPS) is 29.0. The van der Waals surface area contributed by atoms with Crippen LogP contribution in [-0.4, -0.2) is 57.7 Å². The highest BCUT2D eigenvalue weighted by Crippen LogP contribution is 2.22. The maximum atomic E-state index is 10.8. The quantitative estimate of drug-likeness (QED) is 0.459. The van der Waals surface area contributed by atoms with Gasteiger partial charge in [0.25, 0.3) is 0 Å². The molecule has 140 valence electrons. The average molecular weight is 360 g/mol. The van der Waals surface area contributed by atoms with Gasteiger partial charge in [0.15, 0.2) is 0 Å². The molecule has 6 nitrogen and oxygen atoms in total. The van der Waals surface area contributed by atoms with E-state index in [1.807, 2.05) is 60.7 Å². The van der Waals surface area contributed by atoms with E-state index < -0.39 is 24.1 Å². The van der Waals surface area contributed by atoms with Crippen LogP contribution < -0.4 is 4.90 Å². The third-order valence-corrected chi connectivity index (χ3v) is 4.78. The zero-order valence-corrected chi connectivity index (χ0v) is 14.5. The minimum Gasteiger partial charge on any atom is -0.388 e. The van der Waals surface area contributed by atoms with E-state index >= 15 is 0 Å². The Balaban J connectivity index is 1.78. The van der Waals surface area contributed by atoms with Crippen molar-refractivity contribution in [1.82, 2.24) is 0 Å².